The number of pyridine rings is 1. The average Bonchev–Trinajstić information content (AvgIpc) is 2.68. The molecular weight excluding hydrogens is 368 g/mol. The second kappa shape index (κ2) is 9.71. The van der Waals surface area contributed by atoms with Crippen molar-refractivity contribution in [1.82, 2.24) is 15.2 Å². The van der Waals surface area contributed by atoms with Gasteiger partial charge in [0.15, 0.2) is 0 Å². The fraction of sp³-hybridized carbons (Fsp3) is 0.318. The Labute approximate surface area is 170 Å². The Morgan fingerprint density at radius 1 is 1.21 bits per heavy atom. The maximum absolute atomic E-state index is 12.3. The molecule has 3 N–H and O–H groups in total. The van der Waals surface area contributed by atoms with Crippen molar-refractivity contribution in [3.8, 4) is 11.8 Å². The number of carbonyl (C=O) groups excluding carboxylic acids is 1. The van der Waals surface area contributed by atoms with Gasteiger partial charge in [-0.3, -0.25) is 9.69 Å². The molecule has 0 saturated heterocycles. The second-order valence-corrected chi connectivity index (χ2v) is 6.92. The summed E-state index contributed by atoms with van der Waals surface area (Å²) in [6.45, 7) is 2.66. The summed E-state index contributed by atoms with van der Waals surface area (Å²) in [4.78, 5) is 29.2. The number of amides is 2. The molecule has 29 heavy (non-hydrogen) atoms. The van der Waals surface area contributed by atoms with Crippen LogP contribution in [0.5, 0.6) is 0 Å². The molecule has 1 aliphatic rings. The normalized spacial score (nSPS) is 17.6. The first kappa shape index (κ1) is 20.4. The van der Waals surface area contributed by atoms with Gasteiger partial charge < -0.3 is 15.7 Å². The summed E-state index contributed by atoms with van der Waals surface area (Å²) in [7, 11) is 0. The molecule has 1 aliphatic carbocycles. The summed E-state index contributed by atoms with van der Waals surface area (Å²) in [5.41, 5.74) is 2.13. The number of benzene rings is 1. The van der Waals surface area contributed by atoms with Gasteiger partial charge in [0.25, 0.3) is 0 Å². The number of nitrogens with zero attached hydrogens (tertiary/aromatic N) is 2. The average molecular weight is 392 g/mol. The molecule has 0 atom stereocenters. The van der Waals surface area contributed by atoms with Gasteiger partial charge in [0, 0.05) is 29.5 Å². The van der Waals surface area contributed by atoms with Crippen molar-refractivity contribution in [2.45, 2.75) is 31.8 Å². The van der Waals surface area contributed by atoms with Crippen LogP contribution < -0.4 is 10.6 Å². The Morgan fingerprint density at radius 3 is 2.72 bits per heavy atom. The van der Waals surface area contributed by atoms with E-state index < -0.39 is 5.97 Å². The minimum absolute atomic E-state index is 0.0341. The van der Waals surface area contributed by atoms with Gasteiger partial charge >= 0.3 is 12.0 Å². The van der Waals surface area contributed by atoms with E-state index in [1.165, 1.54) is 0 Å². The fourth-order valence-electron chi connectivity index (χ4n) is 3.28. The van der Waals surface area contributed by atoms with E-state index in [4.69, 9.17) is 5.11 Å². The number of nitrogens with one attached hydrogen (secondary N) is 2. The van der Waals surface area contributed by atoms with Gasteiger partial charge in [-0.1, -0.05) is 25.0 Å². The highest BCUT2D eigenvalue weighted by Gasteiger charge is 2.34. The van der Waals surface area contributed by atoms with E-state index in [-0.39, 0.29) is 24.7 Å². The third kappa shape index (κ3) is 6.06. The lowest BCUT2D eigenvalue weighted by Crippen LogP contribution is -2.55. The smallest absolute Gasteiger partial charge is 0.319 e. The topological polar surface area (TPSA) is 94.6 Å². The van der Waals surface area contributed by atoms with E-state index in [9.17, 15) is 9.59 Å². The Balaban J connectivity index is 1.49. The molecule has 1 fully saturated rings. The summed E-state index contributed by atoms with van der Waals surface area (Å²) >= 11 is 0. The SMILES string of the molecule is CCN(CC(=O)O)C1CC(NC(=O)Nc2cccc(C#Cc3ccccn3)c2)C1. The lowest BCUT2D eigenvalue weighted by Gasteiger charge is -2.42. The Hall–Kier alpha value is -3.37. The maximum Gasteiger partial charge on any atom is 0.319 e. The van der Waals surface area contributed by atoms with Crippen LogP contribution in [-0.4, -0.2) is 52.2 Å². The van der Waals surface area contributed by atoms with E-state index in [1.54, 1.807) is 12.3 Å². The predicted octanol–water partition coefficient (Wildman–Crippen LogP) is 2.54. The van der Waals surface area contributed by atoms with Crippen molar-refractivity contribution in [3.05, 3.63) is 59.9 Å². The number of carboxylic acid groups (broad SMARTS) is 1. The molecule has 1 heterocycles. The number of rotatable bonds is 6. The molecule has 0 unspecified atom stereocenters. The van der Waals surface area contributed by atoms with E-state index >= 15 is 0 Å². The van der Waals surface area contributed by atoms with Crippen LogP contribution in [0.3, 0.4) is 0 Å². The minimum Gasteiger partial charge on any atom is -0.480 e. The van der Waals surface area contributed by atoms with Crippen molar-refractivity contribution in [2.75, 3.05) is 18.4 Å². The molecule has 0 bridgehead atoms. The number of carboxylic acids is 1. The first-order chi connectivity index (χ1) is 14.0. The summed E-state index contributed by atoms with van der Waals surface area (Å²) in [6.07, 6.45) is 3.20. The molecule has 1 saturated carbocycles. The highest BCUT2D eigenvalue weighted by molar-refractivity contribution is 5.89. The Kier molecular flexibility index (Phi) is 6.82. The number of hydrogen-bond donors (Lipinski definition) is 3. The van der Waals surface area contributed by atoms with Gasteiger partial charge in [0.2, 0.25) is 0 Å². The number of carbonyl (C=O) groups is 2. The second-order valence-electron chi connectivity index (χ2n) is 6.92. The van der Waals surface area contributed by atoms with Crippen molar-refractivity contribution in [1.29, 1.82) is 0 Å². The van der Waals surface area contributed by atoms with Crippen LogP contribution in [0.2, 0.25) is 0 Å². The van der Waals surface area contributed by atoms with Crippen LogP contribution in [-0.2, 0) is 4.79 Å². The van der Waals surface area contributed by atoms with Gasteiger partial charge in [0.05, 0.1) is 6.54 Å². The first-order valence-corrected chi connectivity index (χ1v) is 9.60. The van der Waals surface area contributed by atoms with Crippen molar-refractivity contribution in [2.24, 2.45) is 0 Å². The molecule has 2 amide bonds. The van der Waals surface area contributed by atoms with E-state index in [1.807, 2.05) is 48.2 Å². The van der Waals surface area contributed by atoms with Crippen molar-refractivity contribution >= 4 is 17.7 Å². The number of hydrogen-bond acceptors (Lipinski definition) is 4. The van der Waals surface area contributed by atoms with Crippen molar-refractivity contribution < 1.29 is 14.7 Å². The highest BCUT2D eigenvalue weighted by atomic mass is 16.4. The molecular formula is C22H24N4O3. The molecule has 3 rings (SSSR count). The van der Waals surface area contributed by atoms with Crippen LogP contribution in [0.4, 0.5) is 10.5 Å². The summed E-state index contributed by atoms with van der Waals surface area (Å²) < 4.78 is 0. The summed E-state index contributed by atoms with van der Waals surface area (Å²) in [6, 6.07) is 12.9. The number of aliphatic carboxylic acids is 1. The van der Waals surface area contributed by atoms with E-state index in [0.717, 1.165) is 18.4 Å². The zero-order valence-electron chi connectivity index (χ0n) is 16.3. The molecule has 0 radical (unpaired) electrons. The first-order valence-electron chi connectivity index (χ1n) is 9.60. The lowest BCUT2D eigenvalue weighted by atomic mass is 9.85. The van der Waals surface area contributed by atoms with Gasteiger partial charge in [0.1, 0.15) is 5.69 Å². The van der Waals surface area contributed by atoms with Crippen molar-refractivity contribution in [3.63, 3.8) is 0 Å². The van der Waals surface area contributed by atoms with Crippen LogP contribution in [0.25, 0.3) is 0 Å². The minimum atomic E-state index is -0.827. The summed E-state index contributed by atoms with van der Waals surface area (Å²) in [5, 5.41) is 14.7. The van der Waals surface area contributed by atoms with Gasteiger partial charge in [-0.2, -0.15) is 0 Å². The molecule has 2 aromatic rings. The number of urea groups is 1. The fourth-order valence-corrected chi connectivity index (χ4v) is 3.28. The Morgan fingerprint density at radius 2 is 2.03 bits per heavy atom. The van der Waals surface area contributed by atoms with Crippen LogP contribution >= 0.6 is 0 Å². The summed E-state index contributed by atoms with van der Waals surface area (Å²) in [5.74, 6) is 5.20. The monoisotopic (exact) mass is 392 g/mol. The molecule has 1 aromatic heterocycles. The van der Waals surface area contributed by atoms with Crippen LogP contribution in [0.15, 0.2) is 48.7 Å². The molecule has 7 heteroatoms. The van der Waals surface area contributed by atoms with E-state index in [2.05, 4.69) is 27.5 Å². The Bertz CT molecular complexity index is 914. The predicted molar refractivity (Wildman–Crippen MR) is 111 cm³/mol. The molecule has 0 aliphatic heterocycles. The molecule has 1 aromatic carbocycles. The third-order valence-electron chi connectivity index (χ3n) is 4.83. The van der Waals surface area contributed by atoms with Gasteiger partial charge in [-0.05, 0) is 55.6 Å². The lowest BCUT2D eigenvalue weighted by molar-refractivity contribution is -0.139. The quantitative estimate of drug-likeness (QED) is 0.657. The van der Waals surface area contributed by atoms with Crippen LogP contribution in [0.1, 0.15) is 31.0 Å². The zero-order valence-corrected chi connectivity index (χ0v) is 16.3. The maximum atomic E-state index is 12.3. The molecule has 7 nitrogen and oxygen atoms in total. The molecule has 150 valence electrons. The highest BCUT2D eigenvalue weighted by Crippen LogP contribution is 2.25. The number of likely N-dealkylation sites (N-methyl/N-ethyl adjacent to an activating group) is 1. The number of aromatic nitrogens is 1. The van der Waals surface area contributed by atoms with Gasteiger partial charge in [-0.25, -0.2) is 9.78 Å². The largest absolute Gasteiger partial charge is 0.480 e. The molecule has 0 spiro atoms. The van der Waals surface area contributed by atoms with Gasteiger partial charge in [-0.15, -0.1) is 0 Å². The third-order valence-corrected chi connectivity index (χ3v) is 4.83. The zero-order chi connectivity index (χ0) is 20.6. The number of anilines is 1. The van der Waals surface area contributed by atoms with E-state index in [0.29, 0.717) is 17.9 Å². The van der Waals surface area contributed by atoms with Crippen LogP contribution in [0, 0.1) is 11.8 Å². The standard InChI is InChI=1S/C22H24N4O3/c1-2-26(15-21(27)28)20-13-19(14-20)25-22(29)24-18-8-5-6-16(12-18)9-10-17-7-3-4-11-23-17/h3-8,11-12,19-20H,2,13-15H2,1H3,(H,27,28)(H2,24,25,29).